The molecule has 0 atom stereocenters. The summed E-state index contributed by atoms with van der Waals surface area (Å²) < 4.78 is 0. The first-order valence-electron chi connectivity index (χ1n) is 8.27. The van der Waals surface area contributed by atoms with Gasteiger partial charge in [-0.25, -0.2) is 9.97 Å². The number of hydrogen-bond donors (Lipinski definition) is 2. The summed E-state index contributed by atoms with van der Waals surface area (Å²) in [5.74, 6) is 2.28. The van der Waals surface area contributed by atoms with E-state index in [4.69, 9.17) is 11.6 Å². The van der Waals surface area contributed by atoms with Gasteiger partial charge in [0, 0.05) is 23.3 Å². The van der Waals surface area contributed by atoms with Crippen LogP contribution in [0.3, 0.4) is 0 Å². The zero-order valence-corrected chi connectivity index (χ0v) is 15.1. The van der Waals surface area contributed by atoms with E-state index in [-0.39, 0.29) is 0 Å². The molecule has 5 heteroatoms. The first-order valence-corrected chi connectivity index (χ1v) is 8.65. The molecule has 0 aliphatic carbocycles. The Labute approximate surface area is 153 Å². The summed E-state index contributed by atoms with van der Waals surface area (Å²) in [7, 11) is 0. The quantitative estimate of drug-likeness (QED) is 0.644. The molecule has 128 valence electrons. The zero-order chi connectivity index (χ0) is 17.6. The lowest BCUT2D eigenvalue weighted by Gasteiger charge is -2.12. The van der Waals surface area contributed by atoms with E-state index >= 15 is 0 Å². The molecule has 0 aliphatic rings. The lowest BCUT2D eigenvalue weighted by atomic mass is 10.1. The largest absolute Gasteiger partial charge is 0.370 e. The van der Waals surface area contributed by atoms with Gasteiger partial charge in [-0.2, -0.15) is 0 Å². The van der Waals surface area contributed by atoms with E-state index in [1.54, 1.807) is 0 Å². The van der Waals surface area contributed by atoms with Crippen LogP contribution in [0.4, 0.5) is 17.3 Å². The predicted molar refractivity (Wildman–Crippen MR) is 105 cm³/mol. The van der Waals surface area contributed by atoms with Crippen molar-refractivity contribution in [2.45, 2.75) is 20.3 Å². The Balaban J connectivity index is 1.69. The Morgan fingerprint density at radius 3 is 2.48 bits per heavy atom. The van der Waals surface area contributed by atoms with E-state index in [1.807, 2.05) is 44.2 Å². The Morgan fingerprint density at radius 1 is 0.920 bits per heavy atom. The molecule has 1 heterocycles. The topological polar surface area (TPSA) is 49.8 Å². The van der Waals surface area contributed by atoms with Crippen LogP contribution in [0, 0.1) is 13.8 Å². The molecule has 0 spiro atoms. The van der Waals surface area contributed by atoms with Crippen LogP contribution < -0.4 is 10.6 Å². The molecule has 1 aromatic heterocycles. The Bertz CT molecular complexity index is 850. The van der Waals surface area contributed by atoms with Crippen molar-refractivity contribution >= 4 is 28.9 Å². The molecule has 3 aromatic rings. The number of aryl methyl sites for hydroxylation is 1. The van der Waals surface area contributed by atoms with E-state index < -0.39 is 0 Å². The highest BCUT2D eigenvalue weighted by Crippen LogP contribution is 2.26. The standard InChI is InChI=1S/C20H21ClN4/c1-14-17(21)9-6-10-18(14)25-20-13-19(23-15(2)24-20)22-12-11-16-7-4-3-5-8-16/h3-10,13H,11-12H2,1-2H3,(H2,22,23,24,25). The summed E-state index contributed by atoms with van der Waals surface area (Å²) in [6.45, 7) is 4.69. The molecule has 2 aromatic carbocycles. The van der Waals surface area contributed by atoms with Gasteiger partial charge in [-0.15, -0.1) is 0 Å². The number of nitrogens with one attached hydrogen (secondary N) is 2. The lowest BCUT2D eigenvalue weighted by Crippen LogP contribution is -2.08. The molecule has 0 amide bonds. The molecule has 3 rings (SSSR count). The summed E-state index contributed by atoms with van der Waals surface area (Å²) in [6.07, 6.45) is 0.944. The fraction of sp³-hybridized carbons (Fsp3) is 0.200. The van der Waals surface area contributed by atoms with Crippen LogP contribution in [0.5, 0.6) is 0 Å². The second-order valence-corrected chi connectivity index (χ2v) is 6.29. The molecular formula is C20H21ClN4. The van der Waals surface area contributed by atoms with Crippen molar-refractivity contribution in [3.8, 4) is 0 Å². The van der Waals surface area contributed by atoms with Gasteiger partial charge in [0.2, 0.25) is 0 Å². The van der Waals surface area contributed by atoms with Gasteiger partial charge in [-0.05, 0) is 43.5 Å². The monoisotopic (exact) mass is 352 g/mol. The highest BCUT2D eigenvalue weighted by molar-refractivity contribution is 6.31. The third-order valence-corrected chi connectivity index (χ3v) is 4.34. The SMILES string of the molecule is Cc1nc(NCCc2ccccc2)cc(Nc2cccc(Cl)c2C)n1. The lowest BCUT2D eigenvalue weighted by molar-refractivity contribution is 0.983. The van der Waals surface area contributed by atoms with Gasteiger partial charge in [-0.3, -0.25) is 0 Å². The van der Waals surface area contributed by atoms with Crippen LogP contribution in [0.2, 0.25) is 5.02 Å². The van der Waals surface area contributed by atoms with Crippen molar-refractivity contribution < 1.29 is 0 Å². The molecule has 0 radical (unpaired) electrons. The van der Waals surface area contributed by atoms with Crippen molar-refractivity contribution in [3.63, 3.8) is 0 Å². The van der Waals surface area contributed by atoms with Crippen LogP contribution >= 0.6 is 11.6 Å². The predicted octanol–water partition coefficient (Wildman–Crippen LogP) is 5.15. The van der Waals surface area contributed by atoms with Crippen molar-refractivity contribution in [1.82, 2.24) is 9.97 Å². The number of hydrogen-bond acceptors (Lipinski definition) is 4. The first kappa shape index (κ1) is 17.2. The second kappa shape index (κ2) is 7.99. The van der Waals surface area contributed by atoms with Crippen molar-refractivity contribution in [2.75, 3.05) is 17.2 Å². The Morgan fingerprint density at radius 2 is 1.68 bits per heavy atom. The van der Waals surface area contributed by atoms with E-state index in [1.165, 1.54) is 5.56 Å². The average Bonchev–Trinajstić information content (AvgIpc) is 2.59. The first-order chi connectivity index (χ1) is 12.1. The van der Waals surface area contributed by atoms with Crippen LogP contribution in [0.15, 0.2) is 54.6 Å². The van der Waals surface area contributed by atoms with Gasteiger partial charge >= 0.3 is 0 Å². The van der Waals surface area contributed by atoms with Crippen molar-refractivity contribution in [1.29, 1.82) is 0 Å². The number of rotatable bonds is 6. The summed E-state index contributed by atoms with van der Waals surface area (Å²) in [6, 6.07) is 18.1. The van der Waals surface area contributed by atoms with Crippen LogP contribution in [-0.2, 0) is 6.42 Å². The van der Waals surface area contributed by atoms with E-state index in [9.17, 15) is 0 Å². The van der Waals surface area contributed by atoms with Crippen LogP contribution in [-0.4, -0.2) is 16.5 Å². The Hall–Kier alpha value is -2.59. The van der Waals surface area contributed by atoms with Gasteiger partial charge < -0.3 is 10.6 Å². The number of benzene rings is 2. The van der Waals surface area contributed by atoms with Gasteiger partial charge in [0.05, 0.1) is 0 Å². The number of nitrogens with zero attached hydrogens (tertiary/aromatic N) is 2. The molecule has 0 saturated heterocycles. The fourth-order valence-corrected chi connectivity index (χ4v) is 2.76. The third kappa shape index (κ3) is 4.70. The molecule has 4 nitrogen and oxygen atoms in total. The third-order valence-electron chi connectivity index (χ3n) is 3.93. The smallest absolute Gasteiger partial charge is 0.136 e. The highest BCUT2D eigenvalue weighted by atomic mass is 35.5. The van der Waals surface area contributed by atoms with Crippen LogP contribution in [0.25, 0.3) is 0 Å². The normalized spacial score (nSPS) is 10.5. The maximum absolute atomic E-state index is 6.18. The van der Waals surface area contributed by atoms with E-state index in [2.05, 4.69) is 44.9 Å². The molecule has 0 aliphatic heterocycles. The fourth-order valence-electron chi connectivity index (χ4n) is 2.58. The van der Waals surface area contributed by atoms with E-state index in [0.717, 1.165) is 40.9 Å². The highest BCUT2D eigenvalue weighted by Gasteiger charge is 2.06. The number of anilines is 3. The molecule has 0 bridgehead atoms. The van der Waals surface area contributed by atoms with Crippen molar-refractivity contribution in [3.05, 3.63) is 76.6 Å². The van der Waals surface area contributed by atoms with E-state index in [0.29, 0.717) is 5.82 Å². The summed E-state index contributed by atoms with van der Waals surface area (Å²) in [5, 5.41) is 7.43. The molecule has 25 heavy (non-hydrogen) atoms. The molecule has 0 fully saturated rings. The number of halogens is 1. The molecular weight excluding hydrogens is 332 g/mol. The minimum atomic E-state index is 0.715. The number of aromatic nitrogens is 2. The average molecular weight is 353 g/mol. The maximum atomic E-state index is 6.18. The van der Waals surface area contributed by atoms with Gasteiger partial charge in [0.15, 0.2) is 0 Å². The van der Waals surface area contributed by atoms with Gasteiger partial charge in [0.25, 0.3) is 0 Å². The van der Waals surface area contributed by atoms with Gasteiger partial charge in [0.1, 0.15) is 17.5 Å². The van der Waals surface area contributed by atoms with Crippen molar-refractivity contribution in [2.24, 2.45) is 0 Å². The minimum absolute atomic E-state index is 0.715. The zero-order valence-electron chi connectivity index (χ0n) is 14.4. The summed E-state index contributed by atoms with van der Waals surface area (Å²) >= 11 is 6.18. The maximum Gasteiger partial charge on any atom is 0.136 e. The van der Waals surface area contributed by atoms with Crippen LogP contribution in [0.1, 0.15) is 17.0 Å². The molecule has 0 saturated carbocycles. The summed E-state index contributed by atoms with van der Waals surface area (Å²) in [4.78, 5) is 8.92. The second-order valence-electron chi connectivity index (χ2n) is 5.89. The molecule has 2 N–H and O–H groups in total. The van der Waals surface area contributed by atoms with Gasteiger partial charge in [-0.1, -0.05) is 48.0 Å². The Kier molecular flexibility index (Phi) is 5.51. The summed E-state index contributed by atoms with van der Waals surface area (Å²) in [5.41, 5.74) is 3.24. The minimum Gasteiger partial charge on any atom is -0.370 e. The molecule has 0 unspecified atom stereocenters.